The van der Waals surface area contributed by atoms with Crippen molar-refractivity contribution in [1.82, 2.24) is 14.8 Å². The first-order chi connectivity index (χ1) is 11.6. The standard InChI is InChI=1S/C17H17N5O2/c1-22-16(20-11-21-22)10-19-12-5-4-6-13(9-12)24-15-8-3-2-7-14(15)17(18)23/h2-9,11,19H,10H2,1H3,(H2,18,23). The Balaban J connectivity index is 1.74. The van der Waals surface area contributed by atoms with E-state index in [-0.39, 0.29) is 0 Å². The number of anilines is 1. The highest BCUT2D eigenvalue weighted by atomic mass is 16.5. The lowest BCUT2D eigenvalue weighted by atomic mass is 10.2. The Morgan fingerprint density at radius 3 is 2.83 bits per heavy atom. The summed E-state index contributed by atoms with van der Waals surface area (Å²) in [6.45, 7) is 0.540. The molecule has 2 aromatic carbocycles. The molecule has 24 heavy (non-hydrogen) atoms. The highest BCUT2D eigenvalue weighted by Gasteiger charge is 2.09. The van der Waals surface area contributed by atoms with E-state index in [1.807, 2.05) is 31.3 Å². The van der Waals surface area contributed by atoms with Crippen molar-refractivity contribution in [3.8, 4) is 11.5 Å². The lowest BCUT2D eigenvalue weighted by Gasteiger charge is -2.11. The van der Waals surface area contributed by atoms with Gasteiger partial charge in [-0.1, -0.05) is 18.2 Å². The fourth-order valence-corrected chi connectivity index (χ4v) is 2.22. The van der Waals surface area contributed by atoms with Crippen molar-refractivity contribution in [1.29, 1.82) is 0 Å². The van der Waals surface area contributed by atoms with Crippen molar-refractivity contribution in [2.75, 3.05) is 5.32 Å². The average molecular weight is 323 g/mol. The minimum Gasteiger partial charge on any atom is -0.456 e. The van der Waals surface area contributed by atoms with Crippen molar-refractivity contribution in [3.05, 3.63) is 66.2 Å². The SMILES string of the molecule is Cn1ncnc1CNc1cccc(Oc2ccccc2C(N)=O)c1. The van der Waals surface area contributed by atoms with Gasteiger partial charge in [-0.2, -0.15) is 5.10 Å². The molecule has 0 atom stereocenters. The van der Waals surface area contributed by atoms with Crippen molar-refractivity contribution >= 4 is 11.6 Å². The maximum absolute atomic E-state index is 11.5. The molecule has 3 aromatic rings. The molecule has 7 heteroatoms. The van der Waals surface area contributed by atoms with Crippen LogP contribution in [0.1, 0.15) is 16.2 Å². The second-order valence-electron chi connectivity index (χ2n) is 5.14. The summed E-state index contributed by atoms with van der Waals surface area (Å²) in [7, 11) is 1.84. The number of aromatic nitrogens is 3. The summed E-state index contributed by atoms with van der Waals surface area (Å²) in [5.74, 6) is 1.32. The maximum Gasteiger partial charge on any atom is 0.252 e. The number of ether oxygens (including phenoxy) is 1. The largest absolute Gasteiger partial charge is 0.456 e. The van der Waals surface area contributed by atoms with Gasteiger partial charge in [0.2, 0.25) is 0 Å². The van der Waals surface area contributed by atoms with Gasteiger partial charge in [-0.15, -0.1) is 0 Å². The van der Waals surface area contributed by atoms with Crippen LogP contribution >= 0.6 is 0 Å². The molecule has 0 saturated heterocycles. The predicted octanol–water partition coefficient (Wildman–Crippen LogP) is 2.32. The number of primary amides is 1. The van der Waals surface area contributed by atoms with Crippen molar-refractivity contribution in [2.45, 2.75) is 6.54 Å². The summed E-state index contributed by atoms with van der Waals surface area (Å²) in [5, 5.41) is 7.28. The van der Waals surface area contributed by atoms with Crippen LogP contribution < -0.4 is 15.8 Å². The van der Waals surface area contributed by atoms with E-state index in [9.17, 15) is 4.79 Å². The Morgan fingerprint density at radius 1 is 1.25 bits per heavy atom. The van der Waals surface area contributed by atoms with Crippen molar-refractivity contribution in [3.63, 3.8) is 0 Å². The number of hydrogen-bond acceptors (Lipinski definition) is 5. The Morgan fingerprint density at radius 2 is 2.08 bits per heavy atom. The number of para-hydroxylation sites is 1. The molecule has 0 spiro atoms. The summed E-state index contributed by atoms with van der Waals surface area (Å²) in [6.07, 6.45) is 1.51. The molecule has 122 valence electrons. The molecule has 0 aliphatic heterocycles. The van der Waals surface area contributed by atoms with Crippen LogP contribution in [0.15, 0.2) is 54.9 Å². The first kappa shape index (κ1) is 15.5. The zero-order chi connectivity index (χ0) is 16.9. The topological polar surface area (TPSA) is 95.1 Å². The molecule has 0 fully saturated rings. The Hall–Kier alpha value is -3.35. The van der Waals surface area contributed by atoms with Crippen LogP contribution in [-0.2, 0) is 13.6 Å². The molecule has 1 heterocycles. The van der Waals surface area contributed by atoms with E-state index in [4.69, 9.17) is 10.5 Å². The molecule has 1 aromatic heterocycles. The van der Waals surface area contributed by atoms with Gasteiger partial charge in [-0.3, -0.25) is 9.48 Å². The average Bonchev–Trinajstić information content (AvgIpc) is 2.99. The third-order valence-corrected chi connectivity index (χ3v) is 3.47. The van der Waals surface area contributed by atoms with Crippen LogP contribution in [0.25, 0.3) is 0 Å². The number of benzene rings is 2. The van der Waals surface area contributed by atoms with Gasteiger partial charge in [-0.25, -0.2) is 4.98 Å². The molecular weight excluding hydrogens is 306 g/mol. The number of carbonyl (C=O) groups is 1. The monoisotopic (exact) mass is 323 g/mol. The normalized spacial score (nSPS) is 10.4. The predicted molar refractivity (Wildman–Crippen MR) is 89.8 cm³/mol. The van der Waals surface area contributed by atoms with Gasteiger partial charge in [0.05, 0.1) is 12.1 Å². The number of nitrogens with one attached hydrogen (secondary N) is 1. The Kier molecular flexibility index (Phi) is 4.42. The quantitative estimate of drug-likeness (QED) is 0.726. The molecule has 3 N–H and O–H groups in total. The van der Waals surface area contributed by atoms with Crippen LogP contribution in [0.5, 0.6) is 11.5 Å². The van der Waals surface area contributed by atoms with E-state index in [0.717, 1.165) is 11.5 Å². The van der Waals surface area contributed by atoms with E-state index in [2.05, 4.69) is 15.4 Å². The number of nitrogens with zero attached hydrogens (tertiary/aromatic N) is 3. The smallest absolute Gasteiger partial charge is 0.252 e. The van der Waals surface area contributed by atoms with Gasteiger partial charge in [0, 0.05) is 18.8 Å². The maximum atomic E-state index is 11.5. The highest BCUT2D eigenvalue weighted by molar-refractivity contribution is 5.95. The zero-order valence-electron chi connectivity index (χ0n) is 13.1. The minimum atomic E-state index is -0.526. The van der Waals surface area contributed by atoms with Crippen molar-refractivity contribution in [2.24, 2.45) is 12.8 Å². The Bertz CT molecular complexity index is 859. The molecule has 3 rings (SSSR count). The summed E-state index contributed by atoms with van der Waals surface area (Å²) in [6, 6.07) is 14.3. The third-order valence-electron chi connectivity index (χ3n) is 3.47. The molecular formula is C17H17N5O2. The summed E-state index contributed by atoms with van der Waals surface area (Å²) in [4.78, 5) is 15.6. The summed E-state index contributed by atoms with van der Waals surface area (Å²) >= 11 is 0. The second-order valence-corrected chi connectivity index (χ2v) is 5.14. The van der Waals surface area contributed by atoms with Gasteiger partial charge in [0.1, 0.15) is 23.7 Å². The van der Waals surface area contributed by atoms with Gasteiger partial charge < -0.3 is 15.8 Å². The minimum absolute atomic E-state index is 0.343. The first-order valence-corrected chi connectivity index (χ1v) is 7.37. The fourth-order valence-electron chi connectivity index (χ4n) is 2.22. The number of rotatable bonds is 6. The van der Waals surface area contributed by atoms with Crippen LogP contribution in [0.2, 0.25) is 0 Å². The van der Waals surface area contributed by atoms with Crippen LogP contribution in [-0.4, -0.2) is 20.7 Å². The van der Waals surface area contributed by atoms with Crippen LogP contribution in [0.4, 0.5) is 5.69 Å². The van der Waals surface area contributed by atoms with E-state index in [1.54, 1.807) is 28.9 Å². The van der Waals surface area contributed by atoms with Crippen LogP contribution in [0.3, 0.4) is 0 Å². The van der Waals surface area contributed by atoms with E-state index < -0.39 is 5.91 Å². The molecule has 0 saturated carbocycles. The number of carbonyl (C=O) groups excluding carboxylic acids is 1. The van der Waals surface area contributed by atoms with Gasteiger partial charge in [0.15, 0.2) is 0 Å². The highest BCUT2D eigenvalue weighted by Crippen LogP contribution is 2.27. The molecule has 0 unspecified atom stereocenters. The zero-order valence-corrected chi connectivity index (χ0v) is 13.1. The Labute approximate surface area is 139 Å². The summed E-state index contributed by atoms with van der Waals surface area (Å²) < 4.78 is 7.50. The van der Waals surface area contributed by atoms with Gasteiger partial charge in [0.25, 0.3) is 5.91 Å². The fraction of sp³-hybridized carbons (Fsp3) is 0.118. The third kappa shape index (κ3) is 3.52. The lowest BCUT2D eigenvalue weighted by molar-refractivity contribution is 0.0998. The molecule has 7 nitrogen and oxygen atoms in total. The van der Waals surface area contributed by atoms with Crippen LogP contribution in [0, 0.1) is 0 Å². The lowest BCUT2D eigenvalue weighted by Crippen LogP contribution is -2.12. The van der Waals surface area contributed by atoms with E-state index >= 15 is 0 Å². The number of aryl methyl sites for hydroxylation is 1. The van der Waals surface area contributed by atoms with Gasteiger partial charge in [-0.05, 0) is 24.3 Å². The molecule has 0 radical (unpaired) electrons. The number of hydrogen-bond donors (Lipinski definition) is 2. The number of amides is 1. The van der Waals surface area contributed by atoms with Gasteiger partial charge >= 0.3 is 0 Å². The van der Waals surface area contributed by atoms with Crippen molar-refractivity contribution < 1.29 is 9.53 Å². The first-order valence-electron chi connectivity index (χ1n) is 7.37. The molecule has 0 aliphatic carbocycles. The van der Waals surface area contributed by atoms with E-state index in [0.29, 0.717) is 23.6 Å². The summed E-state index contributed by atoms with van der Waals surface area (Å²) in [5.41, 5.74) is 6.58. The molecule has 0 bridgehead atoms. The number of nitrogens with two attached hydrogens (primary N) is 1. The molecule has 1 amide bonds. The second kappa shape index (κ2) is 6.82. The van der Waals surface area contributed by atoms with E-state index in [1.165, 1.54) is 6.33 Å². The molecule has 0 aliphatic rings.